The molecule has 0 saturated carbocycles. The van der Waals surface area contributed by atoms with Crippen molar-refractivity contribution in [2.75, 3.05) is 5.32 Å². The number of nitro benzene ring substituents is 1. The number of benzene rings is 1. The van der Waals surface area contributed by atoms with Crippen LogP contribution >= 0.6 is 0 Å². The predicted octanol–water partition coefficient (Wildman–Crippen LogP) is 2.81. The third kappa shape index (κ3) is 3.25. The fourth-order valence-corrected chi connectivity index (χ4v) is 2.19. The molecule has 7 nitrogen and oxygen atoms in total. The number of anilines is 1. The molecule has 1 heterocycles. The molecule has 0 spiro atoms. The van der Waals surface area contributed by atoms with Gasteiger partial charge in [0.25, 0.3) is 5.69 Å². The molecule has 0 amide bonds. The molecule has 1 atom stereocenters. The zero-order valence-electron chi connectivity index (χ0n) is 11.4. The zero-order chi connectivity index (χ0) is 15.4. The average Bonchev–Trinajstić information content (AvgIpc) is 2.46. The molecule has 2 rings (SSSR count). The number of nitrogens with one attached hydrogen (secondary N) is 1. The molecule has 0 aliphatic heterocycles. The normalized spacial score (nSPS) is 12.0. The molecule has 21 heavy (non-hydrogen) atoms. The summed E-state index contributed by atoms with van der Waals surface area (Å²) in [6.07, 6.45) is 3.64. The van der Waals surface area contributed by atoms with Crippen molar-refractivity contribution < 1.29 is 14.8 Å². The smallest absolute Gasteiger partial charge is 0.305 e. The Morgan fingerprint density at radius 2 is 2.19 bits per heavy atom. The monoisotopic (exact) mass is 289 g/mol. The van der Waals surface area contributed by atoms with Gasteiger partial charge in [-0.05, 0) is 18.6 Å². The largest absolute Gasteiger partial charge is 0.481 e. The fourth-order valence-electron chi connectivity index (χ4n) is 2.19. The fraction of sp³-hybridized carbons (Fsp3) is 0.286. The number of aliphatic carboxylic acids is 1. The molecule has 110 valence electrons. The number of aromatic nitrogens is 1. The van der Waals surface area contributed by atoms with Gasteiger partial charge in [0.1, 0.15) is 0 Å². The number of nitro groups is 1. The number of hydrogen-bond donors (Lipinski definition) is 2. The topological polar surface area (TPSA) is 105 Å². The van der Waals surface area contributed by atoms with Crippen molar-refractivity contribution in [3.05, 3.63) is 40.7 Å². The van der Waals surface area contributed by atoms with Crippen LogP contribution in [-0.2, 0) is 4.79 Å². The third-order valence-corrected chi connectivity index (χ3v) is 3.27. The van der Waals surface area contributed by atoms with Gasteiger partial charge in [-0.15, -0.1) is 0 Å². The van der Waals surface area contributed by atoms with E-state index in [9.17, 15) is 14.9 Å². The van der Waals surface area contributed by atoms with Crippen LogP contribution in [0.3, 0.4) is 0 Å². The van der Waals surface area contributed by atoms with Gasteiger partial charge in [-0.3, -0.25) is 19.9 Å². The van der Waals surface area contributed by atoms with Gasteiger partial charge in [-0.25, -0.2) is 0 Å². The van der Waals surface area contributed by atoms with Gasteiger partial charge in [-0.2, -0.15) is 0 Å². The zero-order valence-corrected chi connectivity index (χ0v) is 11.4. The van der Waals surface area contributed by atoms with Crippen LogP contribution in [0.4, 0.5) is 11.4 Å². The van der Waals surface area contributed by atoms with E-state index in [2.05, 4.69) is 10.3 Å². The van der Waals surface area contributed by atoms with Crippen LogP contribution in [0.15, 0.2) is 30.6 Å². The maximum absolute atomic E-state index is 11.0. The SMILES string of the molecule is CCC(CC(=O)O)Nc1ccc([N+](=O)[O-])c2ccncc12. The number of carboxylic acid groups (broad SMARTS) is 1. The number of fused-ring (bicyclic) bond motifs is 1. The van der Waals surface area contributed by atoms with Gasteiger partial charge in [-0.1, -0.05) is 6.92 Å². The number of pyridine rings is 1. The summed E-state index contributed by atoms with van der Waals surface area (Å²) in [5, 5.41) is 24.1. The number of hydrogen-bond acceptors (Lipinski definition) is 5. The number of non-ortho nitro benzene ring substituents is 1. The highest BCUT2D eigenvalue weighted by Crippen LogP contribution is 2.31. The van der Waals surface area contributed by atoms with Crippen LogP contribution in [0.5, 0.6) is 0 Å². The second-order valence-corrected chi connectivity index (χ2v) is 4.66. The lowest BCUT2D eigenvalue weighted by atomic mass is 10.1. The Labute approximate surface area is 120 Å². The molecule has 0 aliphatic carbocycles. The Morgan fingerprint density at radius 3 is 2.81 bits per heavy atom. The molecule has 1 aromatic heterocycles. The van der Waals surface area contributed by atoms with Crippen molar-refractivity contribution in [1.29, 1.82) is 0 Å². The van der Waals surface area contributed by atoms with Crippen LogP contribution in [0.25, 0.3) is 10.8 Å². The molecule has 7 heteroatoms. The maximum Gasteiger partial charge on any atom is 0.305 e. The van der Waals surface area contributed by atoms with Crippen molar-refractivity contribution in [3.63, 3.8) is 0 Å². The maximum atomic E-state index is 11.0. The average molecular weight is 289 g/mol. The molecule has 0 aliphatic rings. The first kappa shape index (κ1) is 14.7. The lowest BCUT2D eigenvalue weighted by Crippen LogP contribution is -2.22. The van der Waals surface area contributed by atoms with Gasteiger partial charge in [0.15, 0.2) is 0 Å². The van der Waals surface area contributed by atoms with E-state index in [1.54, 1.807) is 12.1 Å². The van der Waals surface area contributed by atoms with Crippen LogP contribution in [0.1, 0.15) is 19.8 Å². The van der Waals surface area contributed by atoms with Crippen molar-refractivity contribution in [2.45, 2.75) is 25.8 Å². The summed E-state index contributed by atoms with van der Waals surface area (Å²) >= 11 is 0. The van der Waals surface area contributed by atoms with Crippen molar-refractivity contribution in [3.8, 4) is 0 Å². The van der Waals surface area contributed by atoms with Crippen LogP contribution in [-0.4, -0.2) is 27.0 Å². The Kier molecular flexibility index (Phi) is 4.32. The number of rotatable bonds is 6. The van der Waals surface area contributed by atoms with Gasteiger partial charge < -0.3 is 10.4 Å². The molecule has 2 N–H and O–H groups in total. The summed E-state index contributed by atoms with van der Waals surface area (Å²) in [5.74, 6) is -0.890. The highest BCUT2D eigenvalue weighted by atomic mass is 16.6. The molecule has 0 radical (unpaired) electrons. The highest BCUT2D eigenvalue weighted by molar-refractivity contribution is 5.99. The number of carbonyl (C=O) groups is 1. The molecular weight excluding hydrogens is 274 g/mol. The lowest BCUT2D eigenvalue weighted by Gasteiger charge is -2.17. The predicted molar refractivity (Wildman–Crippen MR) is 78.4 cm³/mol. The minimum absolute atomic E-state index is 0.00392. The van der Waals surface area contributed by atoms with E-state index in [1.807, 2.05) is 6.92 Å². The molecule has 0 fully saturated rings. The van der Waals surface area contributed by atoms with Crippen LogP contribution in [0.2, 0.25) is 0 Å². The molecule has 1 aromatic carbocycles. The number of carboxylic acids is 1. The molecule has 1 unspecified atom stereocenters. The Bertz CT molecular complexity index is 687. The highest BCUT2D eigenvalue weighted by Gasteiger charge is 2.17. The minimum Gasteiger partial charge on any atom is -0.481 e. The van der Waals surface area contributed by atoms with Gasteiger partial charge in [0, 0.05) is 35.6 Å². The van der Waals surface area contributed by atoms with Crippen molar-refractivity contribution >= 4 is 28.1 Å². The summed E-state index contributed by atoms with van der Waals surface area (Å²) in [7, 11) is 0. The summed E-state index contributed by atoms with van der Waals surface area (Å²) in [6, 6.07) is 4.34. The summed E-state index contributed by atoms with van der Waals surface area (Å²) in [5.41, 5.74) is 0.654. The summed E-state index contributed by atoms with van der Waals surface area (Å²) in [4.78, 5) is 25.4. The first-order valence-electron chi connectivity index (χ1n) is 6.52. The van der Waals surface area contributed by atoms with E-state index in [0.717, 1.165) is 0 Å². The second kappa shape index (κ2) is 6.17. The second-order valence-electron chi connectivity index (χ2n) is 4.66. The number of nitrogens with zero attached hydrogens (tertiary/aromatic N) is 2. The van der Waals surface area contributed by atoms with Gasteiger partial charge >= 0.3 is 5.97 Å². The van der Waals surface area contributed by atoms with E-state index in [0.29, 0.717) is 22.9 Å². The van der Waals surface area contributed by atoms with E-state index in [1.165, 1.54) is 18.5 Å². The lowest BCUT2D eigenvalue weighted by molar-refractivity contribution is -0.383. The van der Waals surface area contributed by atoms with Crippen molar-refractivity contribution in [1.82, 2.24) is 4.98 Å². The van der Waals surface area contributed by atoms with Crippen LogP contribution < -0.4 is 5.32 Å². The summed E-state index contributed by atoms with van der Waals surface area (Å²) < 4.78 is 0. The van der Waals surface area contributed by atoms with Gasteiger partial charge in [0.05, 0.1) is 16.7 Å². The van der Waals surface area contributed by atoms with Crippen LogP contribution in [0, 0.1) is 10.1 Å². The molecule has 0 saturated heterocycles. The Balaban J connectivity index is 2.43. The standard InChI is InChI=1S/C14H15N3O4/c1-2-9(7-14(18)19)16-12-3-4-13(17(20)21)10-5-6-15-8-11(10)12/h3-6,8-9,16H,2,7H2,1H3,(H,18,19). The van der Waals surface area contributed by atoms with E-state index in [4.69, 9.17) is 5.11 Å². The van der Waals surface area contributed by atoms with E-state index >= 15 is 0 Å². The first-order chi connectivity index (χ1) is 10.0. The minimum atomic E-state index is -0.890. The Hall–Kier alpha value is -2.70. The molecule has 2 aromatic rings. The first-order valence-corrected chi connectivity index (χ1v) is 6.52. The summed E-state index contributed by atoms with van der Waals surface area (Å²) in [6.45, 7) is 1.88. The molecule has 0 bridgehead atoms. The van der Waals surface area contributed by atoms with E-state index < -0.39 is 10.9 Å². The Morgan fingerprint density at radius 1 is 1.43 bits per heavy atom. The third-order valence-electron chi connectivity index (χ3n) is 3.27. The quantitative estimate of drug-likeness (QED) is 0.625. The van der Waals surface area contributed by atoms with Crippen molar-refractivity contribution in [2.24, 2.45) is 0 Å². The molecular formula is C14H15N3O4. The van der Waals surface area contributed by atoms with E-state index in [-0.39, 0.29) is 18.2 Å². The van der Waals surface area contributed by atoms with Gasteiger partial charge in [0.2, 0.25) is 0 Å².